The van der Waals surface area contributed by atoms with Gasteiger partial charge in [0.1, 0.15) is 12.1 Å². The number of hydrogen-bond donors (Lipinski definition) is 5. The van der Waals surface area contributed by atoms with E-state index in [1.54, 1.807) is 0 Å². The Morgan fingerprint density at radius 3 is 2.17 bits per heavy atom. The van der Waals surface area contributed by atoms with Crippen molar-refractivity contribution >= 4 is 35.5 Å². The molecule has 0 heterocycles. The number of nitrogens with one attached hydrogen (secondary N) is 3. The van der Waals surface area contributed by atoms with Gasteiger partial charge in [-0.1, -0.05) is 34.1 Å². The van der Waals surface area contributed by atoms with Crippen LogP contribution in [-0.4, -0.2) is 65.5 Å². The molecule has 0 bridgehead atoms. The van der Waals surface area contributed by atoms with Crippen LogP contribution >= 0.6 is 11.8 Å². The molecule has 0 aromatic rings. The molecule has 9 nitrogen and oxygen atoms in total. The standard InChI is InChI=1S/C19H36N4O5S/c1-6-12(4)16(23-17(25)13(20)9-11(2)3)18(26)21-10-15(24)22-14(19(27)28)7-8-29-5/h11-14,16H,6-10,20H2,1-5H3,(H,21,26)(H,22,24)(H,23,25)(H,27,28). The third-order valence-electron chi connectivity index (χ3n) is 4.52. The van der Waals surface area contributed by atoms with Crippen LogP contribution in [0.25, 0.3) is 0 Å². The molecule has 0 fully saturated rings. The summed E-state index contributed by atoms with van der Waals surface area (Å²) in [5, 5.41) is 16.7. The lowest BCUT2D eigenvalue weighted by atomic mass is 9.97. The lowest BCUT2D eigenvalue weighted by Gasteiger charge is -2.25. The van der Waals surface area contributed by atoms with E-state index in [2.05, 4.69) is 16.0 Å². The van der Waals surface area contributed by atoms with Crippen LogP contribution in [0.5, 0.6) is 0 Å². The zero-order chi connectivity index (χ0) is 22.6. The highest BCUT2D eigenvalue weighted by molar-refractivity contribution is 7.98. The van der Waals surface area contributed by atoms with Gasteiger partial charge in [-0.05, 0) is 36.7 Å². The van der Waals surface area contributed by atoms with Gasteiger partial charge in [0.15, 0.2) is 0 Å². The number of amides is 3. The molecular formula is C19H36N4O5S. The van der Waals surface area contributed by atoms with E-state index in [0.717, 1.165) is 0 Å². The molecule has 4 unspecified atom stereocenters. The lowest BCUT2D eigenvalue weighted by molar-refractivity contribution is -0.141. The van der Waals surface area contributed by atoms with Crippen molar-refractivity contribution in [3.63, 3.8) is 0 Å². The summed E-state index contributed by atoms with van der Waals surface area (Å²) in [6.45, 7) is 7.24. The summed E-state index contributed by atoms with van der Waals surface area (Å²) in [6, 6.07) is -2.55. The molecule has 0 rings (SSSR count). The van der Waals surface area contributed by atoms with Crippen LogP contribution in [0.4, 0.5) is 0 Å². The Morgan fingerprint density at radius 1 is 1.07 bits per heavy atom. The number of rotatable bonds is 14. The number of thioether (sulfide) groups is 1. The van der Waals surface area contributed by atoms with E-state index >= 15 is 0 Å². The van der Waals surface area contributed by atoms with Gasteiger partial charge in [-0.25, -0.2) is 4.79 Å². The van der Waals surface area contributed by atoms with Gasteiger partial charge in [-0.2, -0.15) is 11.8 Å². The Kier molecular flexibility index (Phi) is 13.3. The highest BCUT2D eigenvalue weighted by Gasteiger charge is 2.28. The predicted molar refractivity (Wildman–Crippen MR) is 114 cm³/mol. The molecule has 168 valence electrons. The monoisotopic (exact) mass is 432 g/mol. The average molecular weight is 433 g/mol. The number of hydrogen-bond acceptors (Lipinski definition) is 6. The van der Waals surface area contributed by atoms with E-state index < -0.39 is 41.8 Å². The van der Waals surface area contributed by atoms with Crippen molar-refractivity contribution in [2.24, 2.45) is 17.6 Å². The number of carboxylic acid groups (broad SMARTS) is 1. The van der Waals surface area contributed by atoms with Crippen molar-refractivity contribution in [3.05, 3.63) is 0 Å². The van der Waals surface area contributed by atoms with E-state index in [1.165, 1.54) is 11.8 Å². The maximum Gasteiger partial charge on any atom is 0.326 e. The second kappa shape index (κ2) is 14.2. The van der Waals surface area contributed by atoms with E-state index in [9.17, 15) is 19.2 Å². The van der Waals surface area contributed by atoms with Crippen LogP contribution in [0, 0.1) is 11.8 Å². The molecule has 0 saturated heterocycles. The summed E-state index contributed by atoms with van der Waals surface area (Å²) in [6.07, 6.45) is 3.27. The molecule has 3 amide bonds. The van der Waals surface area contributed by atoms with Crippen LogP contribution in [0.3, 0.4) is 0 Å². The number of carbonyl (C=O) groups excluding carboxylic acids is 3. The minimum Gasteiger partial charge on any atom is -0.480 e. The normalized spacial score (nSPS) is 15.1. The van der Waals surface area contributed by atoms with Gasteiger partial charge in [0, 0.05) is 0 Å². The van der Waals surface area contributed by atoms with Crippen molar-refractivity contribution < 1.29 is 24.3 Å². The first-order valence-electron chi connectivity index (χ1n) is 9.88. The minimum atomic E-state index is -1.12. The molecule has 0 aromatic carbocycles. The largest absolute Gasteiger partial charge is 0.480 e. The predicted octanol–water partition coefficient (Wildman–Crippen LogP) is 0.329. The third-order valence-corrected chi connectivity index (χ3v) is 5.17. The zero-order valence-electron chi connectivity index (χ0n) is 18.0. The number of aliphatic carboxylic acids is 1. The summed E-state index contributed by atoms with van der Waals surface area (Å²) in [4.78, 5) is 48.1. The summed E-state index contributed by atoms with van der Waals surface area (Å²) < 4.78 is 0. The molecule has 0 radical (unpaired) electrons. The number of carbonyl (C=O) groups is 4. The molecule has 0 aliphatic rings. The molecule has 0 saturated carbocycles. The van der Waals surface area contributed by atoms with Crippen LogP contribution in [0.15, 0.2) is 0 Å². The highest BCUT2D eigenvalue weighted by Crippen LogP contribution is 2.10. The summed E-state index contributed by atoms with van der Waals surface area (Å²) in [5.74, 6) is -1.98. The van der Waals surface area contributed by atoms with Crippen molar-refractivity contribution in [2.45, 2.75) is 65.1 Å². The second-order valence-electron chi connectivity index (χ2n) is 7.57. The van der Waals surface area contributed by atoms with E-state index in [4.69, 9.17) is 10.8 Å². The molecule has 0 spiro atoms. The fourth-order valence-electron chi connectivity index (χ4n) is 2.59. The third kappa shape index (κ3) is 11.1. The van der Waals surface area contributed by atoms with Crippen LogP contribution < -0.4 is 21.7 Å². The quantitative estimate of drug-likeness (QED) is 0.265. The van der Waals surface area contributed by atoms with Crippen molar-refractivity contribution in [1.29, 1.82) is 0 Å². The molecule has 0 aliphatic heterocycles. The van der Waals surface area contributed by atoms with Crippen LogP contribution in [0.1, 0.15) is 47.0 Å². The topological polar surface area (TPSA) is 151 Å². The number of carboxylic acids is 1. The first-order chi connectivity index (χ1) is 13.5. The molecular weight excluding hydrogens is 396 g/mol. The Balaban J connectivity index is 4.83. The Labute approximate surface area is 177 Å². The van der Waals surface area contributed by atoms with Gasteiger partial charge in [0.2, 0.25) is 17.7 Å². The van der Waals surface area contributed by atoms with E-state index in [0.29, 0.717) is 18.6 Å². The first kappa shape index (κ1) is 27.2. The van der Waals surface area contributed by atoms with Crippen molar-refractivity contribution in [3.8, 4) is 0 Å². The highest BCUT2D eigenvalue weighted by atomic mass is 32.2. The maximum absolute atomic E-state index is 12.6. The molecule has 29 heavy (non-hydrogen) atoms. The fraction of sp³-hybridized carbons (Fsp3) is 0.789. The second-order valence-corrected chi connectivity index (χ2v) is 8.55. The van der Waals surface area contributed by atoms with Gasteiger partial charge >= 0.3 is 5.97 Å². The lowest BCUT2D eigenvalue weighted by Crippen LogP contribution is -2.55. The summed E-state index contributed by atoms with van der Waals surface area (Å²) in [5.41, 5.74) is 5.89. The summed E-state index contributed by atoms with van der Waals surface area (Å²) >= 11 is 1.48. The zero-order valence-corrected chi connectivity index (χ0v) is 18.8. The molecule has 4 atom stereocenters. The van der Waals surface area contributed by atoms with E-state index in [-0.39, 0.29) is 24.8 Å². The molecule has 0 aromatic heterocycles. The van der Waals surface area contributed by atoms with Crippen molar-refractivity contribution in [2.75, 3.05) is 18.6 Å². The Morgan fingerprint density at radius 2 is 1.69 bits per heavy atom. The Hall–Kier alpha value is -1.81. The van der Waals surface area contributed by atoms with Gasteiger partial charge < -0.3 is 26.8 Å². The number of nitrogens with two attached hydrogens (primary N) is 1. The molecule has 10 heteroatoms. The van der Waals surface area contributed by atoms with Gasteiger partial charge in [0.05, 0.1) is 12.6 Å². The van der Waals surface area contributed by atoms with Gasteiger partial charge in [0.25, 0.3) is 0 Å². The first-order valence-corrected chi connectivity index (χ1v) is 11.3. The minimum absolute atomic E-state index is 0.165. The molecule has 6 N–H and O–H groups in total. The Bertz CT molecular complexity index is 559. The smallest absolute Gasteiger partial charge is 0.326 e. The maximum atomic E-state index is 12.6. The van der Waals surface area contributed by atoms with Gasteiger partial charge in [-0.3, -0.25) is 14.4 Å². The molecule has 0 aliphatic carbocycles. The van der Waals surface area contributed by atoms with Gasteiger partial charge in [-0.15, -0.1) is 0 Å². The van der Waals surface area contributed by atoms with E-state index in [1.807, 2.05) is 34.0 Å². The van der Waals surface area contributed by atoms with Crippen LogP contribution in [-0.2, 0) is 19.2 Å². The van der Waals surface area contributed by atoms with Crippen molar-refractivity contribution in [1.82, 2.24) is 16.0 Å². The van der Waals surface area contributed by atoms with Crippen LogP contribution in [0.2, 0.25) is 0 Å². The SMILES string of the molecule is CCC(C)C(NC(=O)C(N)CC(C)C)C(=O)NCC(=O)NC(CCSC)C(=O)O. The summed E-state index contributed by atoms with van der Waals surface area (Å²) in [7, 11) is 0. The fourth-order valence-corrected chi connectivity index (χ4v) is 3.06. The average Bonchev–Trinajstić information content (AvgIpc) is 2.65.